The van der Waals surface area contributed by atoms with Gasteiger partial charge in [-0.25, -0.2) is 4.79 Å². The van der Waals surface area contributed by atoms with Crippen LogP contribution in [-0.2, 0) is 14.3 Å². The molecule has 74 valence electrons. The van der Waals surface area contributed by atoms with E-state index in [-0.39, 0.29) is 18.3 Å². The Balaban J connectivity index is 3.68. The van der Waals surface area contributed by atoms with Crippen molar-refractivity contribution in [3.63, 3.8) is 0 Å². The van der Waals surface area contributed by atoms with Crippen LogP contribution in [0.15, 0.2) is 12.2 Å². The zero-order valence-corrected chi connectivity index (χ0v) is 8.07. The molecule has 0 aromatic heterocycles. The van der Waals surface area contributed by atoms with Gasteiger partial charge in [0.1, 0.15) is 6.61 Å². The minimum atomic E-state index is -0.705. The molecule has 0 aromatic carbocycles. The number of ketones is 1. The summed E-state index contributed by atoms with van der Waals surface area (Å²) in [7, 11) is 1.25. The fraction of sp³-hybridized carbons (Fsp3) is 0.556. The van der Waals surface area contributed by atoms with Gasteiger partial charge >= 0.3 is 6.16 Å². The van der Waals surface area contributed by atoms with Crippen LogP contribution in [0.5, 0.6) is 0 Å². The molecule has 0 bridgehead atoms. The third kappa shape index (κ3) is 7.05. The van der Waals surface area contributed by atoms with Gasteiger partial charge in [-0.1, -0.05) is 13.0 Å². The van der Waals surface area contributed by atoms with E-state index in [0.29, 0.717) is 0 Å². The normalized spacial score (nSPS) is 12.5. The van der Waals surface area contributed by atoms with Crippen molar-refractivity contribution >= 4 is 11.9 Å². The highest BCUT2D eigenvalue weighted by Gasteiger charge is 2.03. The van der Waals surface area contributed by atoms with Crippen LogP contribution in [0.3, 0.4) is 0 Å². The van der Waals surface area contributed by atoms with Crippen LogP contribution < -0.4 is 0 Å². The Kier molecular flexibility index (Phi) is 5.59. The van der Waals surface area contributed by atoms with Crippen molar-refractivity contribution < 1.29 is 19.1 Å². The van der Waals surface area contributed by atoms with E-state index in [4.69, 9.17) is 0 Å². The first kappa shape index (κ1) is 11.7. The number of allylic oxidation sites excluding steroid dienone is 1. The highest BCUT2D eigenvalue weighted by atomic mass is 16.7. The molecule has 1 unspecified atom stereocenters. The molecule has 0 aliphatic carbocycles. The molecular weight excluding hydrogens is 172 g/mol. The molecule has 13 heavy (non-hydrogen) atoms. The van der Waals surface area contributed by atoms with Gasteiger partial charge in [-0.3, -0.25) is 4.79 Å². The number of ether oxygens (including phenoxy) is 2. The van der Waals surface area contributed by atoms with Crippen LogP contribution in [0.4, 0.5) is 4.79 Å². The van der Waals surface area contributed by atoms with E-state index in [1.54, 1.807) is 6.08 Å². The van der Waals surface area contributed by atoms with Crippen LogP contribution >= 0.6 is 0 Å². The van der Waals surface area contributed by atoms with Crippen molar-refractivity contribution in [1.82, 2.24) is 0 Å². The van der Waals surface area contributed by atoms with E-state index in [2.05, 4.69) is 9.47 Å². The Labute approximate surface area is 77.5 Å². The second kappa shape index (κ2) is 6.22. The molecule has 0 radical (unpaired) electrons. The molecule has 0 spiro atoms. The molecule has 0 amide bonds. The summed E-state index contributed by atoms with van der Waals surface area (Å²) in [5, 5.41) is 0. The summed E-state index contributed by atoms with van der Waals surface area (Å²) in [6, 6.07) is 0. The smallest absolute Gasteiger partial charge is 0.438 e. The summed E-state index contributed by atoms with van der Waals surface area (Å²) in [4.78, 5) is 21.0. The Hall–Kier alpha value is -1.32. The maximum absolute atomic E-state index is 10.5. The molecule has 4 nitrogen and oxygen atoms in total. The van der Waals surface area contributed by atoms with Crippen molar-refractivity contribution in [1.29, 1.82) is 0 Å². The molecule has 1 atom stereocenters. The first-order chi connectivity index (χ1) is 6.06. The van der Waals surface area contributed by atoms with E-state index in [9.17, 15) is 9.59 Å². The lowest BCUT2D eigenvalue weighted by atomic mass is 10.2. The molecule has 0 aromatic rings. The standard InChI is InChI=1S/C9H14O4/c1-7(4-5-8(2)10)6-13-9(11)12-3/h4-5,7H,6H2,1-3H3/b5-4+. The molecule has 0 heterocycles. The minimum Gasteiger partial charge on any atom is -0.438 e. The number of carbonyl (C=O) groups excluding carboxylic acids is 2. The highest BCUT2D eigenvalue weighted by molar-refractivity contribution is 5.87. The van der Waals surface area contributed by atoms with Crippen molar-refractivity contribution in [2.24, 2.45) is 5.92 Å². The van der Waals surface area contributed by atoms with Crippen molar-refractivity contribution in [2.75, 3.05) is 13.7 Å². The zero-order valence-electron chi connectivity index (χ0n) is 8.07. The second-order valence-corrected chi connectivity index (χ2v) is 2.71. The molecule has 4 heteroatoms. The van der Waals surface area contributed by atoms with Crippen LogP contribution in [-0.4, -0.2) is 25.7 Å². The van der Waals surface area contributed by atoms with Gasteiger partial charge in [-0.05, 0) is 13.0 Å². The lowest BCUT2D eigenvalue weighted by Gasteiger charge is -2.05. The lowest BCUT2D eigenvalue weighted by Crippen LogP contribution is -2.10. The molecule has 0 saturated carbocycles. The van der Waals surface area contributed by atoms with Gasteiger partial charge in [-0.2, -0.15) is 0 Å². The second-order valence-electron chi connectivity index (χ2n) is 2.71. The fourth-order valence-electron chi connectivity index (χ4n) is 0.614. The Morgan fingerprint density at radius 2 is 2.08 bits per heavy atom. The van der Waals surface area contributed by atoms with E-state index < -0.39 is 6.16 Å². The van der Waals surface area contributed by atoms with Crippen molar-refractivity contribution in [2.45, 2.75) is 13.8 Å². The lowest BCUT2D eigenvalue weighted by molar-refractivity contribution is -0.112. The van der Waals surface area contributed by atoms with Gasteiger partial charge in [0.2, 0.25) is 0 Å². The van der Waals surface area contributed by atoms with E-state index in [1.807, 2.05) is 6.92 Å². The van der Waals surface area contributed by atoms with E-state index in [1.165, 1.54) is 20.1 Å². The van der Waals surface area contributed by atoms with E-state index >= 15 is 0 Å². The fourth-order valence-corrected chi connectivity index (χ4v) is 0.614. The Bertz CT molecular complexity index is 208. The third-order valence-corrected chi connectivity index (χ3v) is 1.29. The quantitative estimate of drug-likeness (QED) is 0.493. The molecule has 0 aliphatic rings. The molecule has 0 saturated heterocycles. The summed E-state index contributed by atoms with van der Waals surface area (Å²) in [5.74, 6) is -0.00656. The average Bonchev–Trinajstić information content (AvgIpc) is 2.10. The molecular formula is C9H14O4. The molecule has 0 aliphatic heterocycles. The summed E-state index contributed by atoms with van der Waals surface area (Å²) in [5.41, 5.74) is 0. The van der Waals surface area contributed by atoms with Crippen LogP contribution in [0.2, 0.25) is 0 Å². The topological polar surface area (TPSA) is 52.6 Å². The van der Waals surface area contributed by atoms with Crippen molar-refractivity contribution in [3.05, 3.63) is 12.2 Å². The largest absolute Gasteiger partial charge is 0.507 e. The SMILES string of the molecule is COC(=O)OCC(C)/C=C/C(C)=O. The third-order valence-electron chi connectivity index (χ3n) is 1.29. The average molecular weight is 186 g/mol. The van der Waals surface area contributed by atoms with Gasteiger partial charge in [0, 0.05) is 5.92 Å². The van der Waals surface area contributed by atoms with Crippen molar-refractivity contribution in [3.8, 4) is 0 Å². The summed E-state index contributed by atoms with van der Waals surface area (Å²) in [6.45, 7) is 3.52. The number of hydrogen-bond donors (Lipinski definition) is 0. The Morgan fingerprint density at radius 3 is 2.54 bits per heavy atom. The first-order valence-electron chi connectivity index (χ1n) is 3.95. The van der Waals surface area contributed by atoms with Crippen LogP contribution in [0.1, 0.15) is 13.8 Å². The predicted octanol–water partition coefficient (Wildman–Crippen LogP) is 1.55. The zero-order chi connectivity index (χ0) is 10.3. The highest BCUT2D eigenvalue weighted by Crippen LogP contribution is 1.99. The summed E-state index contributed by atoms with van der Waals surface area (Å²) >= 11 is 0. The van der Waals surface area contributed by atoms with Gasteiger partial charge in [0.15, 0.2) is 5.78 Å². The van der Waals surface area contributed by atoms with E-state index in [0.717, 1.165) is 0 Å². The maximum atomic E-state index is 10.5. The van der Waals surface area contributed by atoms with Crippen LogP contribution in [0.25, 0.3) is 0 Å². The monoisotopic (exact) mass is 186 g/mol. The Morgan fingerprint density at radius 1 is 1.46 bits per heavy atom. The summed E-state index contributed by atoms with van der Waals surface area (Å²) < 4.78 is 8.94. The minimum absolute atomic E-state index is 0.0167. The van der Waals surface area contributed by atoms with Gasteiger partial charge in [-0.15, -0.1) is 0 Å². The van der Waals surface area contributed by atoms with Crippen LogP contribution in [0, 0.1) is 5.92 Å². The number of carbonyl (C=O) groups is 2. The molecule has 0 N–H and O–H groups in total. The number of rotatable bonds is 4. The first-order valence-corrected chi connectivity index (χ1v) is 3.95. The number of methoxy groups -OCH3 is 1. The van der Waals surface area contributed by atoms with Gasteiger partial charge in [0.05, 0.1) is 7.11 Å². The number of hydrogen-bond acceptors (Lipinski definition) is 4. The predicted molar refractivity (Wildman–Crippen MR) is 47.3 cm³/mol. The molecule has 0 rings (SSSR count). The summed E-state index contributed by atoms with van der Waals surface area (Å²) in [6.07, 6.45) is 2.43. The van der Waals surface area contributed by atoms with Gasteiger partial charge < -0.3 is 9.47 Å². The van der Waals surface area contributed by atoms with Gasteiger partial charge in [0.25, 0.3) is 0 Å². The molecule has 0 fully saturated rings. The maximum Gasteiger partial charge on any atom is 0.507 e.